The van der Waals surface area contributed by atoms with Gasteiger partial charge < -0.3 is 25.4 Å². The first-order chi connectivity index (χ1) is 22.8. The van der Waals surface area contributed by atoms with Gasteiger partial charge in [0.15, 0.2) is 16.6 Å². The van der Waals surface area contributed by atoms with E-state index in [2.05, 4.69) is 20.9 Å². The molecule has 3 amide bonds. The Labute approximate surface area is 281 Å². The molecule has 0 aliphatic heterocycles. The van der Waals surface area contributed by atoms with E-state index in [0.29, 0.717) is 33.4 Å². The van der Waals surface area contributed by atoms with Crippen LogP contribution in [0.2, 0.25) is 0 Å². The predicted molar refractivity (Wildman–Crippen MR) is 187 cm³/mol. The molecule has 0 saturated heterocycles. The van der Waals surface area contributed by atoms with E-state index in [1.165, 1.54) is 37.3 Å². The molecule has 0 bridgehead atoms. The molecule has 1 aromatic heterocycles. The van der Waals surface area contributed by atoms with Crippen LogP contribution in [0.25, 0.3) is 6.08 Å². The summed E-state index contributed by atoms with van der Waals surface area (Å²) in [6.45, 7) is 1.87. The number of anilines is 2. The second-order valence-electron chi connectivity index (χ2n) is 10.2. The molecule has 5 aromatic rings. The second-order valence-corrected chi connectivity index (χ2v) is 12.2. The van der Waals surface area contributed by atoms with Crippen molar-refractivity contribution < 1.29 is 23.9 Å². The van der Waals surface area contributed by atoms with Crippen molar-refractivity contribution >= 4 is 57.7 Å². The van der Waals surface area contributed by atoms with Gasteiger partial charge in [0.05, 0.1) is 19.9 Å². The van der Waals surface area contributed by atoms with Gasteiger partial charge in [-0.3, -0.25) is 14.4 Å². The summed E-state index contributed by atoms with van der Waals surface area (Å²) in [6.07, 6.45) is 1.56. The number of thiazole rings is 1. The zero-order chi connectivity index (χ0) is 33.2. The van der Waals surface area contributed by atoms with Crippen molar-refractivity contribution in [1.82, 2.24) is 10.3 Å². The lowest BCUT2D eigenvalue weighted by atomic mass is 10.1. The Balaban J connectivity index is 1.40. The van der Waals surface area contributed by atoms with Crippen molar-refractivity contribution in [2.24, 2.45) is 0 Å². The normalized spacial score (nSPS) is 11.7. The summed E-state index contributed by atoms with van der Waals surface area (Å²) in [5.74, 6) is -0.190. The Bertz CT molecular complexity index is 1890. The van der Waals surface area contributed by atoms with Crippen LogP contribution in [0, 0.1) is 6.92 Å². The molecule has 0 aliphatic carbocycles. The van der Waals surface area contributed by atoms with Gasteiger partial charge >= 0.3 is 0 Å². The van der Waals surface area contributed by atoms with Crippen molar-refractivity contribution in [2.75, 3.05) is 24.9 Å². The summed E-state index contributed by atoms with van der Waals surface area (Å²) < 4.78 is 10.7. The van der Waals surface area contributed by atoms with E-state index in [-0.39, 0.29) is 11.6 Å². The standard InChI is InChI=1S/C36H32N4O5S2/c1-23-22-46-36(37-23)40-35(43)32(25-11-6-4-7-12-25)47-28-16-10-15-27(21-28)38-34(42)29(39-33(41)26-13-8-5-9-14-26)19-24-17-18-30(44-2)31(20-24)45-3/h4-22,32H,1-3H3,(H,38,42)(H,39,41)(H,37,40,43)/b29-19+. The van der Waals surface area contributed by atoms with Crippen LogP contribution in [0.1, 0.15) is 32.4 Å². The van der Waals surface area contributed by atoms with E-state index < -0.39 is 17.1 Å². The summed E-state index contributed by atoms with van der Waals surface area (Å²) in [6, 6.07) is 30.5. The summed E-state index contributed by atoms with van der Waals surface area (Å²) >= 11 is 2.71. The molecule has 4 aromatic carbocycles. The SMILES string of the molecule is COc1ccc(/C=C(/NC(=O)c2ccccc2)C(=O)Nc2cccc(SC(C(=O)Nc3nc(C)cs3)c3ccccc3)c2)cc1OC. The zero-order valence-electron chi connectivity index (χ0n) is 25.9. The van der Waals surface area contributed by atoms with Gasteiger partial charge in [-0.15, -0.1) is 23.1 Å². The first-order valence-corrected chi connectivity index (χ1v) is 16.2. The minimum absolute atomic E-state index is 0.0180. The Morgan fingerprint density at radius 3 is 2.23 bits per heavy atom. The highest BCUT2D eigenvalue weighted by atomic mass is 32.2. The summed E-state index contributed by atoms with van der Waals surface area (Å²) in [5.41, 5.74) is 3.16. The van der Waals surface area contributed by atoms with Gasteiger partial charge in [0, 0.05) is 21.5 Å². The molecule has 0 fully saturated rings. The molecule has 1 heterocycles. The third kappa shape index (κ3) is 8.87. The number of methoxy groups -OCH3 is 2. The maximum Gasteiger partial charge on any atom is 0.272 e. The molecule has 238 valence electrons. The number of rotatable bonds is 12. The van der Waals surface area contributed by atoms with Crippen LogP contribution in [0.15, 0.2) is 119 Å². The Kier molecular flexibility index (Phi) is 11.1. The van der Waals surface area contributed by atoms with Gasteiger partial charge in [-0.05, 0) is 66.6 Å². The molecule has 0 radical (unpaired) electrons. The minimum Gasteiger partial charge on any atom is -0.493 e. The van der Waals surface area contributed by atoms with Crippen LogP contribution in [-0.2, 0) is 9.59 Å². The van der Waals surface area contributed by atoms with E-state index in [1.54, 1.807) is 72.8 Å². The first kappa shape index (κ1) is 33.0. The fourth-order valence-corrected chi connectivity index (χ4v) is 6.29. The number of carbonyl (C=O) groups excluding carboxylic acids is 3. The zero-order valence-corrected chi connectivity index (χ0v) is 27.5. The number of carbonyl (C=O) groups is 3. The van der Waals surface area contributed by atoms with Crippen molar-refractivity contribution in [2.45, 2.75) is 17.1 Å². The smallest absolute Gasteiger partial charge is 0.272 e. The molecule has 1 atom stereocenters. The molecular formula is C36H32N4O5S2. The number of benzene rings is 4. The van der Waals surface area contributed by atoms with E-state index in [0.717, 1.165) is 16.2 Å². The largest absolute Gasteiger partial charge is 0.493 e. The molecule has 11 heteroatoms. The van der Waals surface area contributed by atoms with Crippen molar-refractivity contribution in [3.05, 3.63) is 137 Å². The molecular weight excluding hydrogens is 633 g/mol. The Morgan fingerprint density at radius 2 is 1.55 bits per heavy atom. The number of nitrogens with one attached hydrogen (secondary N) is 3. The summed E-state index contributed by atoms with van der Waals surface area (Å²) in [5, 5.41) is 10.4. The lowest BCUT2D eigenvalue weighted by molar-refractivity contribution is -0.116. The molecule has 0 aliphatic rings. The number of aromatic nitrogens is 1. The molecule has 0 saturated carbocycles. The third-order valence-electron chi connectivity index (χ3n) is 6.78. The minimum atomic E-state index is -0.586. The lowest BCUT2D eigenvalue weighted by Gasteiger charge is -2.17. The molecule has 0 spiro atoms. The molecule has 3 N–H and O–H groups in total. The van der Waals surface area contributed by atoms with Gasteiger partial charge in [-0.1, -0.05) is 60.7 Å². The number of thioether (sulfide) groups is 1. The van der Waals surface area contributed by atoms with Gasteiger partial charge in [0.25, 0.3) is 11.8 Å². The average molecular weight is 665 g/mol. The highest BCUT2D eigenvalue weighted by molar-refractivity contribution is 8.00. The fraction of sp³-hybridized carbons (Fsp3) is 0.111. The van der Waals surface area contributed by atoms with Crippen LogP contribution >= 0.6 is 23.1 Å². The second kappa shape index (κ2) is 15.7. The van der Waals surface area contributed by atoms with E-state index >= 15 is 0 Å². The predicted octanol–water partition coefficient (Wildman–Crippen LogP) is 7.35. The van der Waals surface area contributed by atoms with Crippen molar-refractivity contribution in [1.29, 1.82) is 0 Å². The maximum atomic E-state index is 13.7. The Hall–Kier alpha value is -5.39. The third-order valence-corrected chi connectivity index (χ3v) is 8.91. The number of hydrogen-bond acceptors (Lipinski definition) is 8. The number of ether oxygens (including phenoxy) is 2. The van der Waals surface area contributed by atoms with E-state index in [4.69, 9.17) is 9.47 Å². The summed E-state index contributed by atoms with van der Waals surface area (Å²) in [7, 11) is 3.06. The van der Waals surface area contributed by atoms with Gasteiger partial charge in [0.2, 0.25) is 5.91 Å². The van der Waals surface area contributed by atoms with Crippen LogP contribution < -0.4 is 25.4 Å². The highest BCUT2D eigenvalue weighted by Gasteiger charge is 2.24. The number of amides is 3. The van der Waals surface area contributed by atoms with Gasteiger partial charge in [-0.2, -0.15) is 0 Å². The highest BCUT2D eigenvalue weighted by Crippen LogP contribution is 2.37. The van der Waals surface area contributed by atoms with Crippen LogP contribution in [0.3, 0.4) is 0 Å². The van der Waals surface area contributed by atoms with Crippen LogP contribution in [0.4, 0.5) is 10.8 Å². The van der Waals surface area contributed by atoms with Gasteiger partial charge in [0.1, 0.15) is 10.9 Å². The average Bonchev–Trinajstić information content (AvgIpc) is 3.51. The van der Waals surface area contributed by atoms with E-state index in [9.17, 15) is 14.4 Å². The van der Waals surface area contributed by atoms with Crippen LogP contribution in [-0.4, -0.2) is 36.9 Å². The van der Waals surface area contributed by atoms with Gasteiger partial charge in [-0.25, -0.2) is 4.98 Å². The number of aryl methyl sites for hydroxylation is 1. The fourth-order valence-electron chi connectivity index (χ4n) is 4.52. The van der Waals surface area contributed by atoms with Crippen LogP contribution in [0.5, 0.6) is 11.5 Å². The molecule has 47 heavy (non-hydrogen) atoms. The summed E-state index contributed by atoms with van der Waals surface area (Å²) in [4.78, 5) is 45.4. The van der Waals surface area contributed by atoms with Crippen molar-refractivity contribution in [3.8, 4) is 11.5 Å². The quantitative estimate of drug-likeness (QED) is 0.0943. The Morgan fingerprint density at radius 1 is 0.830 bits per heavy atom. The molecule has 9 nitrogen and oxygen atoms in total. The topological polar surface area (TPSA) is 119 Å². The lowest BCUT2D eigenvalue weighted by Crippen LogP contribution is -2.30. The first-order valence-electron chi connectivity index (χ1n) is 14.5. The molecule has 5 rings (SSSR count). The number of hydrogen-bond donors (Lipinski definition) is 3. The number of nitrogens with zero attached hydrogens (tertiary/aromatic N) is 1. The monoisotopic (exact) mass is 664 g/mol. The van der Waals surface area contributed by atoms with E-state index in [1.807, 2.05) is 48.7 Å². The van der Waals surface area contributed by atoms with Crippen molar-refractivity contribution in [3.63, 3.8) is 0 Å². The maximum absolute atomic E-state index is 13.7. The molecule has 1 unspecified atom stereocenters.